The van der Waals surface area contributed by atoms with E-state index in [2.05, 4.69) is 46.6 Å². The summed E-state index contributed by atoms with van der Waals surface area (Å²) in [7, 11) is 0. The molecular weight excluding hydrogens is 312 g/mol. The van der Waals surface area contributed by atoms with Gasteiger partial charge in [0.1, 0.15) is 11.5 Å². The Bertz CT molecular complexity index is 861. The minimum atomic E-state index is -0.282. The Balaban J connectivity index is 1.74. The van der Waals surface area contributed by atoms with E-state index in [1.54, 1.807) is 6.20 Å². The first-order chi connectivity index (χ1) is 12.2. The fourth-order valence-electron chi connectivity index (χ4n) is 2.56. The van der Waals surface area contributed by atoms with Gasteiger partial charge in [-0.2, -0.15) is 0 Å². The summed E-state index contributed by atoms with van der Waals surface area (Å²) in [6, 6.07) is 15.5. The number of para-hydroxylation sites is 2. The average Bonchev–Trinajstić information content (AvgIpc) is 2.64. The van der Waals surface area contributed by atoms with Crippen LogP contribution in [0.5, 0.6) is 0 Å². The first-order valence-corrected chi connectivity index (χ1v) is 8.21. The number of carbonyl (C=O) groups is 1. The molecule has 25 heavy (non-hydrogen) atoms. The highest BCUT2D eigenvalue weighted by molar-refractivity contribution is 6.02. The molecule has 5 nitrogen and oxygen atoms in total. The molecule has 0 radical (unpaired) electrons. The standard InChI is InChI=1S/C20H20N4O/c1-3-15-9-7-8-14(2)19(15)24-18-13-21-17(12-22-18)20(25)23-16-10-5-4-6-11-16/h4-13H,3H2,1-2H3,(H,22,24)(H,23,25). The van der Waals surface area contributed by atoms with E-state index in [0.29, 0.717) is 5.82 Å². The Hall–Kier alpha value is -3.21. The van der Waals surface area contributed by atoms with Crippen molar-refractivity contribution in [1.82, 2.24) is 9.97 Å². The van der Waals surface area contributed by atoms with Crippen molar-refractivity contribution in [3.63, 3.8) is 0 Å². The maximum absolute atomic E-state index is 12.2. The van der Waals surface area contributed by atoms with Gasteiger partial charge >= 0.3 is 0 Å². The lowest BCUT2D eigenvalue weighted by Crippen LogP contribution is -2.14. The van der Waals surface area contributed by atoms with Crippen LogP contribution >= 0.6 is 0 Å². The molecule has 3 rings (SSSR count). The van der Waals surface area contributed by atoms with Crippen molar-refractivity contribution in [3.05, 3.63) is 77.7 Å². The summed E-state index contributed by atoms with van der Waals surface area (Å²) >= 11 is 0. The summed E-state index contributed by atoms with van der Waals surface area (Å²) in [6.45, 7) is 4.17. The molecule has 1 amide bonds. The maximum atomic E-state index is 12.2. The second-order valence-corrected chi connectivity index (χ2v) is 5.69. The number of anilines is 3. The predicted octanol–water partition coefficient (Wildman–Crippen LogP) is 4.34. The van der Waals surface area contributed by atoms with E-state index in [-0.39, 0.29) is 11.6 Å². The molecule has 2 N–H and O–H groups in total. The fourth-order valence-corrected chi connectivity index (χ4v) is 2.56. The summed E-state index contributed by atoms with van der Waals surface area (Å²) in [5.41, 5.74) is 4.40. The summed E-state index contributed by atoms with van der Waals surface area (Å²) in [5.74, 6) is 0.329. The lowest BCUT2D eigenvalue weighted by atomic mass is 10.1. The van der Waals surface area contributed by atoms with E-state index in [1.807, 2.05) is 36.4 Å². The Morgan fingerprint density at radius 2 is 1.80 bits per heavy atom. The molecule has 1 heterocycles. The summed E-state index contributed by atoms with van der Waals surface area (Å²) < 4.78 is 0. The predicted molar refractivity (Wildman–Crippen MR) is 100 cm³/mol. The van der Waals surface area contributed by atoms with E-state index in [0.717, 1.165) is 23.4 Å². The Morgan fingerprint density at radius 1 is 1.00 bits per heavy atom. The number of benzene rings is 2. The van der Waals surface area contributed by atoms with Gasteiger partial charge in [0.2, 0.25) is 0 Å². The number of hydrogen-bond acceptors (Lipinski definition) is 4. The Morgan fingerprint density at radius 3 is 2.48 bits per heavy atom. The van der Waals surface area contributed by atoms with Crippen LogP contribution in [0.2, 0.25) is 0 Å². The third kappa shape index (κ3) is 4.01. The van der Waals surface area contributed by atoms with Gasteiger partial charge in [-0.15, -0.1) is 0 Å². The molecule has 0 saturated heterocycles. The van der Waals surface area contributed by atoms with Crippen molar-refractivity contribution >= 4 is 23.1 Å². The number of hydrogen-bond donors (Lipinski definition) is 2. The van der Waals surface area contributed by atoms with Gasteiger partial charge in [0.25, 0.3) is 5.91 Å². The van der Waals surface area contributed by atoms with Crippen molar-refractivity contribution in [2.24, 2.45) is 0 Å². The zero-order chi connectivity index (χ0) is 17.6. The SMILES string of the molecule is CCc1cccc(C)c1Nc1cnc(C(=O)Nc2ccccc2)cn1. The minimum absolute atomic E-state index is 0.273. The normalized spacial score (nSPS) is 10.3. The molecule has 0 aliphatic heterocycles. The van der Waals surface area contributed by atoms with E-state index in [9.17, 15) is 4.79 Å². The molecule has 126 valence electrons. The zero-order valence-electron chi connectivity index (χ0n) is 14.3. The number of amides is 1. The van der Waals surface area contributed by atoms with Crippen molar-refractivity contribution in [2.75, 3.05) is 10.6 Å². The molecule has 0 aliphatic carbocycles. The van der Waals surface area contributed by atoms with Gasteiger partial charge in [-0.05, 0) is 36.6 Å². The molecule has 0 saturated carbocycles. The highest BCUT2D eigenvalue weighted by Crippen LogP contribution is 2.24. The first-order valence-electron chi connectivity index (χ1n) is 8.21. The maximum Gasteiger partial charge on any atom is 0.275 e. The number of aryl methyl sites for hydroxylation is 2. The van der Waals surface area contributed by atoms with Gasteiger partial charge in [0.15, 0.2) is 0 Å². The molecule has 5 heteroatoms. The van der Waals surface area contributed by atoms with Crippen molar-refractivity contribution in [3.8, 4) is 0 Å². The second-order valence-electron chi connectivity index (χ2n) is 5.69. The lowest BCUT2D eigenvalue weighted by Gasteiger charge is -2.13. The average molecular weight is 332 g/mol. The molecular formula is C20H20N4O. The van der Waals surface area contributed by atoms with Crippen LogP contribution in [0.25, 0.3) is 0 Å². The number of carbonyl (C=O) groups excluding carboxylic acids is 1. The summed E-state index contributed by atoms with van der Waals surface area (Å²) in [6.07, 6.45) is 3.98. The quantitative estimate of drug-likeness (QED) is 0.729. The first kappa shape index (κ1) is 16.6. The van der Waals surface area contributed by atoms with Gasteiger partial charge in [0.05, 0.1) is 12.4 Å². The highest BCUT2D eigenvalue weighted by atomic mass is 16.1. The Labute approximate surface area is 147 Å². The van der Waals surface area contributed by atoms with Crippen LogP contribution in [-0.4, -0.2) is 15.9 Å². The van der Waals surface area contributed by atoms with Gasteiger partial charge in [0, 0.05) is 11.4 Å². The van der Waals surface area contributed by atoms with Crippen molar-refractivity contribution in [1.29, 1.82) is 0 Å². The number of rotatable bonds is 5. The van der Waals surface area contributed by atoms with Crippen LogP contribution in [0, 0.1) is 6.92 Å². The van der Waals surface area contributed by atoms with E-state index >= 15 is 0 Å². The molecule has 2 aromatic carbocycles. The highest BCUT2D eigenvalue weighted by Gasteiger charge is 2.10. The van der Waals surface area contributed by atoms with Gasteiger partial charge in [-0.1, -0.05) is 43.3 Å². The topological polar surface area (TPSA) is 66.9 Å². The monoisotopic (exact) mass is 332 g/mol. The lowest BCUT2D eigenvalue weighted by molar-refractivity contribution is 0.102. The van der Waals surface area contributed by atoms with Crippen LogP contribution in [0.1, 0.15) is 28.5 Å². The van der Waals surface area contributed by atoms with Crippen molar-refractivity contribution < 1.29 is 4.79 Å². The zero-order valence-corrected chi connectivity index (χ0v) is 14.3. The molecule has 3 aromatic rings. The third-order valence-corrected chi connectivity index (χ3v) is 3.91. The van der Waals surface area contributed by atoms with E-state index in [4.69, 9.17) is 0 Å². The summed E-state index contributed by atoms with van der Waals surface area (Å²) in [5, 5.41) is 6.10. The van der Waals surface area contributed by atoms with Gasteiger partial charge in [-0.3, -0.25) is 4.79 Å². The number of nitrogens with one attached hydrogen (secondary N) is 2. The summed E-state index contributed by atoms with van der Waals surface area (Å²) in [4.78, 5) is 20.7. The minimum Gasteiger partial charge on any atom is -0.339 e. The second kappa shape index (κ2) is 7.57. The van der Waals surface area contributed by atoms with Crippen LogP contribution < -0.4 is 10.6 Å². The molecule has 0 spiro atoms. The number of nitrogens with zero attached hydrogens (tertiary/aromatic N) is 2. The van der Waals surface area contributed by atoms with Crippen LogP contribution in [0.3, 0.4) is 0 Å². The molecule has 1 aromatic heterocycles. The van der Waals surface area contributed by atoms with Crippen LogP contribution in [0.15, 0.2) is 60.9 Å². The third-order valence-electron chi connectivity index (χ3n) is 3.91. The molecule has 0 unspecified atom stereocenters. The molecule has 0 fully saturated rings. The Kier molecular flexibility index (Phi) is 5.04. The van der Waals surface area contributed by atoms with Crippen molar-refractivity contribution in [2.45, 2.75) is 20.3 Å². The van der Waals surface area contributed by atoms with Crippen LogP contribution in [-0.2, 0) is 6.42 Å². The molecule has 0 bridgehead atoms. The smallest absolute Gasteiger partial charge is 0.275 e. The number of aromatic nitrogens is 2. The van der Waals surface area contributed by atoms with Crippen LogP contribution in [0.4, 0.5) is 17.2 Å². The molecule has 0 atom stereocenters. The van der Waals surface area contributed by atoms with Gasteiger partial charge < -0.3 is 10.6 Å². The van der Waals surface area contributed by atoms with Gasteiger partial charge in [-0.25, -0.2) is 9.97 Å². The molecule has 0 aliphatic rings. The fraction of sp³-hybridized carbons (Fsp3) is 0.150. The van der Waals surface area contributed by atoms with E-state index in [1.165, 1.54) is 11.8 Å². The van der Waals surface area contributed by atoms with E-state index < -0.39 is 0 Å². The largest absolute Gasteiger partial charge is 0.339 e.